The highest BCUT2D eigenvalue weighted by Gasteiger charge is 2.36. The molecule has 4 heterocycles. The van der Waals surface area contributed by atoms with Crippen LogP contribution in [0.3, 0.4) is 0 Å². The molecule has 0 saturated carbocycles. The monoisotopic (exact) mass is 262 g/mol. The predicted molar refractivity (Wildman–Crippen MR) is 75.2 cm³/mol. The minimum atomic E-state index is 0.855. The van der Waals surface area contributed by atoms with Crippen molar-refractivity contribution in [2.45, 2.75) is 6.54 Å². The van der Waals surface area contributed by atoms with E-state index in [4.69, 9.17) is 4.42 Å². The van der Waals surface area contributed by atoms with Gasteiger partial charge in [0.15, 0.2) is 6.54 Å². The number of oxazole rings is 1. The molecule has 4 heteroatoms. The summed E-state index contributed by atoms with van der Waals surface area (Å²) < 4.78 is 10.5. The average Bonchev–Trinajstić information content (AvgIpc) is 3.09. The molecule has 0 atom stereocenters. The van der Waals surface area contributed by atoms with Crippen molar-refractivity contribution >= 4 is 22.1 Å². The Kier molecular flexibility index (Phi) is 1.67. The van der Waals surface area contributed by atoms with Crippen molar-refractivity contribution in [3.05, 3.63) is 48.3 Å². The molecule has 1 aromatic carbocycles. The molecule has 0 unspecified atom stereocenters. The van der Waals surface area contributed by atoms with E-state index in [9.17, 15) is 0 Å². The van der Waals surface area contributed by atoms with Crippen molar-refractivity contribution < 1.29 is 8.98 Å². The fourth-order valence-electron chi connectivity index (χ4n) is 3.25. The van der Waals surface area contributed by atoms with Crippen LogP contribution >= 0.6 is 0 Å². The summed E-state index contributed by atoms with van der Waals surface area (Å²) in [5.41, 5.74) is 5.68. The molecular formula is C16H12N3O+. The summed E-state index contributed by atoms with van der Waals surface area (Å²) >= 11 is 0. The van der Waals surface area contributed by atoms with Gasteiger partial charge in [0.2, 0.25) is 0 Å². The van der Waals surface area contributed by atoms with Crippen LogP contribution in [0.15, 0.2) is 47.1 Å². The van der Waals surface area contributed by atoms with Crippen LogP contribution in [0.1, 0.15) is 5.56 Å². The lowest BCUT2D eigenvalue weighted by Gasteiger charge is -1.93. The smallest absolute Gasteiger partial charge is 0.380 e. The number of hydrogen-bond acceptors (Lipinski definition) is 2. The topological polar surface area (TPSA) is 34.8 Å². The Morgan fingerprint density at radius 1 is 1.25 bits per heavy atom. The first-order valence-electron chi connectivity index (χ1n) is 6.67. The Labute approximate surface area is 114 Å². The normalized spacial score (nSPS) is 13.1. The molecule has 5 rings (SSSR count). The van der Waals surface area contributed by atoms with Gasteiger partial charge in [-0.15, -0.1) is 4.57 Å². The highest BCUT2D eigenvalue weighted by Crippen LogP contribution is 2.34. The third-order valence-electron chi connectivity index (χ3n) is 4.21. The lowest BCUT2D eigenvalue weighted by molar-refractivity contribution is -0.648. The van der Waals surface area contributed by atoms with Gasteiger partial charge in [-0.1, -0.05) is 12.1 Å². The molecule has 0 bridgehead atoms. The second-order valence-corrected chi connectivity index (χ2v) is 5.26. The Bertz CT molecular complexity index is 994. The lowest BCUT2D eigenvalue weighted by Crippen LogP contribution is -2.30. The van der Waals surface area contributed by atoms with Gasteiger partial charge in [-0.3, -0.25) is 4.98 Å². The van der Waals surface area contributed by atoms with E-state index < -0.39 is 0 Å². The third kappa shape index (κ3) is 1.04. The van der Waals surface area contributed by atoms with Gasteiger partial charge in [0.1, 0.15) is 5.56 Å². The first kappa shape index (κ1) is 10.2. The van der Waals surface area contributed by atoms with Crippen LogP contribution in [-0.2, 0) is 13.6 Å². The number of aromatic nitrogens is 3. The van der Waals surface area contributed by atoms with Gasteiger partial charge in [0.05, 0.1) is 10.9 Å². The summed E-state index contributed by atoms with van der Waals surface area (Å²) in [7, 11) is 2.05. The summed E-state index contributed by atoms with van der Waals surface area (Å²) in [5, 5.41) is 1.24. The van der Waals surface area contributed by atoms with Gasteiger partial charge in [0.25, 0.3) is 11.2 Å². The van der Waals surface area contributed by atoms with Crippen LogP contribution < -0.4 is 4.57 Å². The Morgan fingerprint density at radius 2 is 2.15 bits per heavy atom. The van der Waals surface area contributed by atoms with E-state index in [1.165, 1.54) is 22.0 Å². The molecule has 0 fully saturated rings. The van der Waals surface area contributed by atoms with Crippen molar-refractivity contribution in [2.24, 2.45) is 7.05 Å². The summed E-state index contributed by atoms with van der Waals surface area (Å²) in [6.45, 7) is 0.855. The number of aryl methyl sites for hydroxylation is 1. The maximum atomic E-state index is 6.14. The molecule has 4 aromatic rings. The minimum Gasteiger partial charge on any atom is -0.380 e. The standard InChI is InChI=1S/C16H12N3O/c1-18-13-5-3-2-4-11(13)14-16(18)20-15-12-8-17-7-6-10(12)9-19(14)15/h2-8H,9H2,1H3/q+1. The van der Waals surface area contributed by atoms with E-state index in [2.05, 4.69) is 44.5 Å². The van der Waals surface area contributed by atoms with Crippen LogP contribution in [0.25, 0.3) is 33.6 Å². The summed E-state index contributed by atoms with van der Waals surface area (Å²) in [4.78, 5) is 4.21. The van der Waals surface area contributed by atoms with E-state index in [0.717, 1.165) is 23.7 Å². The highest BCUT2D eigenvalue weighted by atomic mass is 16.4. The number of hydrogen-bond donors (Lipinski definition) is 0. The molecule has 3 aromatic heterocycles. The summed E-state index contributed by atoms with van der Waals surface area (Å²) in [6.07, 6.45) is 3.73. The Hall–Kier alpha value is -2.62. The number of rotatable bonds is 0. The molecule has 0 spiro atoms. The molecule has 4 nitrogen and oxygen atoms in total. The molecule has 0 amide bonds. The first-order chi connectivity index (χ1) is 9.84. The Balaban J connectivity index is 1.97. The van der Waals surface area contributed by atoms with Gasteiger partial charge in [0, 0.05) is 25.0 Å². The number of pyridine rings is 1. The van der Waals surface area contributed by atoms with Gasteiger partial charge in [-0.05, 0) is 18.2 Å². The zero-order chi connectivity index (χ0) is 13.3. The Morgan fingerprint density at radius 3 is 3.10 bits per heavy atom. The number of nitrogens with zero attached hydrogens (tertiary/aromatic N) is 3. The largest absolute Gasteiger partial charge is 0.385 e. The quantitative estimate of drug-likeness (QED) is 0.402. The fourth-order valence-corrected chi connectivity index (χ4v) is 3.25. The van der Waals surface area contributed by atoms with Crippen molar-refractivity contribution in [3.63, 3.8) is 0 Å². The van der Waals surface area contributed by atoms with Crippen LogP contribution in [0, 0.1) is 0 Å². The van der Waals surface area contributed by atoms with E-state index in [1.54, 1.807) is 0 Å². The fraction of sp³-hybridized carbons (Fsp3) is 0.125. The average molecular weight is 262 g/mol. The first-order valence-corrected chi connectivity index (χ1v) is 6.67. The molecule has 0 N–H and O–H groups in total. The van der Waals surface area contributed by atoms with Crippen molar-refractivity contribution in [3.8, 4) is 11.5 Å². The highest BCUT2D eigenvalue weighted by molar-refractivity contribution is 6.02. The molecule has 96 valence electrons. The van der Waals surface area contributed by atoms with Crippen LogP contribution in [-0.4, -0.2) is 9.55 Å². The zero-order valence-electron chi connectivity index (χ0n) is 11.0. The van der Waals surface area contributed by atoms with E-state index in [-0.39, 0.29) is 0 Å². The molecule has 1 aliphatic rings. The second-order valence-electron chi connectivity index (χ2n) is 5.26. The summed E-state index contributed by atoms with van der Waals surface area (Å²) in [6, 6.07) is 10.5. The lowest BCUT2D eigenvalue weighted by atomic mass is 10.2. The third-order valence-corrected chi connectivity index (χ3v) is 4.21. The van der Waals surface area contributed by atoms with Crippen molar-refractivity contribution in [1.82, 2.24) is 9.55 Å². The molecular weight excluding hydrogens is 250 g/mol. The molecule has 0 aliphatic carbocycles. The number of fused-ring (bicyclic) bond motifs is 7. The zero-order valence-corrected chi connectivity index (χ0v) is 11.0. The van der Waals surface area contributed by atoms with Gasteiger partial charge in [-0.25, -0.2) is 0 Å². The minimum absolute atomic E-state index is 0.855. The molecule has 0 saturated heterocycles. The van der Waals surface area contributed by atoms with Gasteiger partial charge >= 0.3 is 5.89 Å². The van der Waals surface area contributed by atoms with E-state index in [0.29, 0.717) is 0 Å². The molecule has 20 heavy (non-hydrogen) atoms. The number of para-hydroxylation sites is 1. The van der Waals surface area contributed by atoms with E-state index in [1.807, 2.05) is 19.4 Å². The maximum absolute atomic E-state index is 6.14. The summed E-state index contributed by atoms with van der Waals surface area (Å²) in [5.74, 6) is 0.916. The molecule has 1 aliphatic heterocycles. The SMILES string of the molecule is Cn1c2ccccc2c2c1oc1[n+]2Cc2ccncc2-1. The van der Waals surface area contributed by atoms with Gasteiger partial charge in [-0.2, -0.15) is 0 Å². The second kappa shape index (κ2) is 3.28. The van der Waals surface area contributed by atoms with Crippen molar-refractivity contribution in [1.29, 1.82) is 0 Å². The van der Waals surface area contributed by atoms with Crippen LogP contribution in [0.2, 0.25) is 0 Å². The molecule has 0 radical (unpaired) electrons. The maximum Gasteiger partial charge on any atom is 0.385 e. The predicted octanol–water partition coefficient (Wildman–Crippen LogP) is 2.64. The van der Waals surface area contributed by atoms with E-state index >= 15 is 0 Å². The van der Waals surface area contributed by atoms with Crippen molar-refractivity contribution in [2.75, 3.05) is 0 Å². The van der Waals surface area contributed by atoms with Crippen LogP contribution in [0.4, 0.5) is 0 Å². The van der Waals surface area contributed by atoms with Gasteiger partial charge < -0.3 is 8.98 Å². The number of benzene rings is 1. The van der Waals surface area contributed by atoms with Crippen LogP contribution in [0.5, 0.6) is 0 Å².